The average Bonchev–Trinajstić information content (AvgIpc) is 2.45. The molecule has 0 fully saturated rings. The summed E-state index contributed by atoms with van der Waals surface area (Å²) in [5, 5.41) is 2.47. The van der Waals surface area contributed by atoms with E-state index in [1.54, 1.807) is 0 Å². The normalized spacial score (nSPS) is 11.7. The predicted octanol–water partition coefficient (Wildman–Crippen LogP) is 0.896. The second-order valence-corrected chi connectivity index (χ2v) is 4.45. The van der Waals surface area contributed by atoms with Crippen LogP contribution in [0.1, 0.15) is 24.8 Å². The molecule has 1 atom stereocenters. The molecule has 0 aliphatic heterocycles. The van der Waals surface area contributed by atoms with Crippen molar-refractivity contribution in [1.82, 2.24) is 5.32 Å². The van der Waals surface area contributed by atoms with Crippen LogP contribution in [0.15, 0.2) is 30.3 Å². The number of benzene rings is 1. The lowest BCUT2D eigenvalue weighted by Crippen LogP contribution is -2.44. The summed E-state index contributed by atoms with van der Waals surface area (Å²) in [6.07, 6.45) is 1.33. The second-order valence-electron chi connectivity index (χ2n) is 4.45. The lowest BCUT2D eigenvalue weighted by molar-refractivity contribution is -0.120. The Labute approximate surface area is 118 Å². The van der Waals surface area contributed by atoms with Crippen LogP contribution in [0.2, 0.25) is 0 Å². The number of hydrogen-bond acceptors (Lipinski definition) is 4. The number of carbonyl (C=O) groups is 2. The molecule has 0 saturated carbocycles. The molecule has 2 amide bonds. The van der Waals surface area contributed by atoms with Gasteiger partial charge in [0.1, 0.15) is 12.6 Å². The fourth-order valence-electron chi connectivity index (χ4n) is 1.69. The van der Waals surface area contributed by atoms with Gasteiger partial charge in [-0.1, -0.05) is 30.3 Å². The Hall–Kier alpha value is -2.08. The third-order valence-corrected chi connectivity index (χ3v) is 2.80. The Morgan fingerprint density at radius 2 is 1.90 bits per heavy atom. The van der Waals surface area contributed by atoms with Crippen LogP contribution < -0.4 is 16.8 Å². The molecule has 6 nitrogen and oxygen atoms in total. The number of ether oxygens (including phenoxy) is 1. The Bertz CT molecular complexity index is 423. The summed E-state index contributed by atoms with van der Waals surface area (Å²) in [5.74, 6) is -0.571. The first-order valence-electron chi connectivity index (χ1n) is 6.60. The molecule has 0 spiro atoms. The molecule has 1 aromatic carbocycles. The van der Waals surface area contributed by atoms with E-state index in [9.17, 15) is 9.59 Å². The maximum Gasteiger partial charge on any atom is 0.408 e. The van der Waals surface area contributed by atoms with E-state index in [0.717, 1.165) is 18.4 Å². The number of rotatable bonds is 8. The van der Waals surface area contributed by atoms with Gasteiger partial charge in [0.05, 0.1) is 0 Å². The van der Waals surface area contributed by atoms with Crippen molar-refractivity contribution in [2.24, 2.45) is 11.5 Å². The van der Waals surface area contributed by atoms with Crippen molar-refractivity contribution in [3.05, 3.63) is 35.9 Å². The lowest BCUT2D eigenvalue weighted by Gasteiger charge is -2.15. The van der Waals surface area contributed by atoms with Gasteiger partial charge in [0.25, 0.3) is 0 Å². The van der Waals surface area contributed by atoms with E-state index in [1.807, 2.05) is 30.3 Å². The van der Waals surface area contributed by atoms with Crippen LogP contribution in [0.3, 0.4) is 0 Å². The van der Waals surface area contributed by atoms with Gasteiger partial charge in [0.15, 0.2) is 0 Å². The number of carbonyl (C=O) groups excluding carboxylic acids is 2. The Balaban J connectivity index is 2.36. The first-order valence-corrected chi connectivity index (χ1v) is 6.60. The molecule has 5 N–H and O–H groups in total. The van der Waals surface area contributed by atoms with Crippen molar-refractivity contribution in [1.29, 1.82) is 0 Å². The standard InChI is InChI=1S/C14H21N3O3/c15-9-5-4-8-12(13(16)18)17-14(19)20-10-11-6-2-1-3-7-11/h1-3,6-7,12H,4-5,8-10,15H2,(H2,16,18)(H,17,19)/t12-/m1/s1. The van der Waals surface area contributed by atoms with Crippen molar-refractivity contribution >= 4 is 12.0 Å². The van der Waals surface area contributed by atoms with Crippen molar-refractivity contribution in [3.63, 3.8) is 0 Å². The van der Waals surface area contributed by atoms with Gasteiger partial charge in [-0.05, 0) is 31.4 Å². The maximum absolute atomic E-state index is 11.6. The number of unbranched alkanes of at least 4 members (excludes halogenated alkanes) is 1. The molecule has 1 aromatic rings. The van der Waals surface area contributed by atoms with E-state index < -0.39 is 18.0 Å². The van der Waals surface area contributed by atoms with Crippen molar-refractivity contribution in [3.8, 4) is 0 Å². The van der Waals surface area contributed by atoms with E-state index in [2.05, 4.69) is 5.32 Å². The Morgan fingerprint density at radius 3 is 2.50 bits per heavy atom. The van der Waals surface area contributed by atoms with Gasteiger partial charge in [-0.25, -0.2) is 4.79 Å². The lowest BCUT2D eigenvalue weighted by atomic mass is 10.1. The number of nitrogens with two attached hydrogens (primary N) is 2. The molecule has 0 heterocycles. The summed E-state index contributed by atoms with van der Waals surface area (Å²) in [7, 11) is 0. The molecular formula is C14H21N3O3. The van der Waals surface area contributed by atoms with E-state index in [-0.39, 0.29) is 6.61 Å². The molecule has 110 valence electrons. The zero-order valence-electron chi connectivity index (χ0n) is 11.4. The highest BCUT2D eigenvalue weighted by Gasteiger charge is 2.18. The fourth-order valence-corrected chi connectivity index (χ4v) is 1.69. The summed E-state index contributed by atoms with van der Waals surface area (Å²) in [4.78, 5) is 22.8. The molecule has 6 heteroatoms. The van der Waals surface area contributed by atoms with E-state index >= 15 is 0 Å². The molecule has 0 aliphatic carbocycles. The highest BCUT2D eigenvalue weighted by molar-refractivity contribution is 5.84. The zero-order chi connectivity index (χ0) is 14.8. The average molecular weight is 279 g/mol. The van der Waals surface area contributed by atoms with E-state index in [1.165, 1.54) is 0 Å². The summed E-state index contributed by atoms with van der Waals surface area (Å²) in [5.41, 5.74) is 11.5. The number of alkyl carbamates (subject to hydrolysis) is 1. The van der Waals surface area contributed by atoms with Gasteiger partial charge in [-0.3, -0.25) is 4.79 Å². The zero-order valence-corrected chi connectivity index (χ0v) is 11.4. The minimum absolute atomic E-state index is 0.154. The summed E-state index contributed by atoms with van der Waals surface area (Å²) >= 11 is 0. The molecule has 0 aromatic heterocycles. The van der Waals surface area contributed by atoms with Gasteiger partial charge in [0.2, 0.25) is 5.91 Å². The van der Waals surface area contributed by atoms with Crippen LogP contribution in [-0.4, -0.2) is 24.6 Å². The number of hydrogen-bond donors (Lipinski definition) is 3. The van der Waals surface area contributed by atoms with Crippen LogP contribution in [0.5, 0.6) is 0 Å². The molecule has 0 radical (unpaired) electrons. The van der Waals surface area contributed by atoms with Crippen LogP contribution >= 0.6 is 0 Å². The summed E-state index contributed by atoms with van der Waals surface area (Å²) < 4.78 is 5.03. The number of nitrogens with one attached hydrogen (secondary N) is 1. The van der Waals surface area contributed by atoms with E-state index in [4.69, 9.17) is 16.2 Å². The summed E-state index contributed by atoms with van der Waals surface area (Å²) in [6.45, 7) is 0.699. The minimum atomic E-state index is -0.718. The molecule has 0 bridgehead atoms. The largest absolute Gasteiger partial charge is 0.445 e. The van der Waals surface area contributed by atoms with Crippen LogP contribution in [0, 0.1) is 0 Å². The van der Waals surface area contributed by atoms with Crippen LogP contribution in [-0.2, 0) is 16.1 Å². The second kappa shape index (κ2) is 8.92. The molecular weight excluding hydrogens is 258 g/mol. The molecule has 1 rings (SSSR count). The number of primary amides is 1. The highest BCUT2D eigenvalue weighted by Crippen LogP contribution is 2.03. The molecule has 20 heavy (non-hydrogen) atoms. The first kappa shape index (κ1) is 16.0. The quantitative estimate of drug-likeness (QED) is 0.614. The van der Waals surface area contributed by atoms with Gasteiger partial charge in [-0.15, -0.1) is 0 Å². The third kappa shape index (κ3) is 6.19. The van der Waals surface area contributed by atoms with Crippen molar-refractivity contribution in [2.75, 3.05) is 6.54 Å². The SMILES string of the molecule is NCCCC[C@@H](NC(=O)OCc1ccccc1)C(N)=O. The summed E-state index contributed by atoms with van der Waals surface area (Å²) in [6, 6.07) is 8.57. The minimum Gasteiger partial charge on any atom is -0.445 e. The van der Waals surface area contributed by atoms with Gasteiger partial charge in [-0.2, -0.15) is 0 Å². The van der Waals surface area contributed by atoms with Crippen molar-refractivity contribution < 1.29 is 14.3 Å². The first-order chi connectivity index (χ1) is 9.63. The van der Waals surface area contributed by atoms with Gasteiger partial charge in [0, 0.05) is 0 Å². The van der Waals surface area contributed by atoms with Crippen LogP contribution in [0.4, 0.5) is 4.79 Å². The monoisotopic (exact) mass is 279 g/mol. The van der Waals surface area contributed by atoms with Gasteiger partial charge < -0.3 is 21.5 Å². The highest BCUT2D eigenvalue weighted by atomic mass is 16.5. The third-order valence-electron chi connectivity index (χ3n) is 2.80. The van der Waals surface area contributed by atoms with Gasteiger partial charge >= 0.3 is 6.09 Å². The molecule has 0 saturated heterocycles. The van der Waals surface area contributed by atoms with Crippen LogP contribution in [0.25, 0.3) is 0 Å². The fraction of sp³-hybridized carbons (Fsp3) is 0.429. The molecule has 0 unspecified atom stereocenters. The predicted molar refractivity (Wildman–Crippen MR) is 75.7 cm³/mol. The smallest absolute Gasteiger partial charge is 0.408 e. The Kier molecular flexibility index (Phi) is 7.13. The topological polar surface area (TPSA) is 107 Å². The van der Waals surface area contributed by atoms with E-state index in [0.29, 0.717) is 13.0 Å². The molecule has 0 aliphatic rings. The maximum atomic E-state index is 11.6. The van der Waals surface area contributed by atoms with Crippen molar-refractivity contribution in [2.45, 2.75) is 31.9 Å². The Morgan fingerprint density at radius 1 is 1.20 bits per heavy atom. The number of amides is 2.